The summed E-state index contributed by atoms with van der Waals surface area (Å²) >= 11 is 3.23. The number of nitrogens with zero attached hydrogens (tertiary/aromatic N) is 1. The molecule has 0 aliphatic carbocycles. The van der Waals surface area contributed by atoms with E-state index in [0.29, 0.717) is 21.5 Å². The molecule has 21 heavy (non-hydrogen) atoms. The lowest BCUT2D eigenvalue weighted by Gasteiger charge is -2.10. The quantitative estimate of drug-likeness (QED) is 0.790. The lowest BCUT2D eigenvalue weighted by molar-refractivity contribution is 0.0697. The second kappa shape index (κ2) is 6.36. The fourth-order valence-electron chi connectivity index (χ4n) is 1.64. The Bertz CT molecular complexity index is 704. The van der Waals surface area contributed by atoms with Crippen LogP contribution in [-0.2, 0) is 0 Å². The number of carbonyl (C=O) groups excluding carboxylic acids is 1. The van der Waals surface area contributed by atoms with Crippen LogP contribution in [0.3, 0.4) is 0 Å². The number of hydrogen-bond acceptors (Lipinski definition) is 3. The van der Waals surface area contributed by atoms with Crippen LogP contribution in [0.15, 0.2) is 41.0 Å². The molecule has 6 nitrogen and oxygen atoms in total. The van der Waals surface area contributed by atoms with Crippen LogP contribution < -0.4 is 10.6 Å². The summed E-state index contributed by atoms with van der Waals surface area (Å²) in [6, 6.07) is 7.38. The summed E-state index contributed by atoms with van der Waals surface area (Å²) in [6.45, 7) is 1.78. The van der Waals surface area contributed by atoms with E-state index in [9.17, 15) is 9.59 Å². The number of pyridine rings is 1. The second-order valence-electron chi connectivity index (χ2n) is 4.22. The summed E-state index contributed by atoms with van der Waals surface area (Å²) in [4.78, 5) is 26.8. The minimum atomic E-state index is -1.03. The SMILES string of the molecule is Cc1ncccc1NC(=O)Nc1ccc(C(=O)O)cc1Br. The third kappa shape index (κ3) is 3.79. The van der Waals surface area contributed by atoms with E-state index in [1.54, 1.807) is 25.3 Å². The molecular formula is C14H12BrN3O3. The number of rotatable bonds is 3. The Labute approximate surface area is 129 Å². The summed E-state index contributed by atoms with van der Waals surface area (Å²) in [5, 5.41) is 14.2. The number of hydrogen-bond donors (Lipinski definition) is 3. The number of aryl methyl sites for hydroxylation is 1. The van der Waals surface area contributed by atoms with Crippen LogP contribution in [0, 0.1) is 6.92 Å². The molecule has 0 aliphatic rings. The van der Waals surface area contributed by atoms with E-state index in [0.717, 1.165) is 0 Å². The van der Waals surface area contributed by atoms with Gasteiger partial charge in [0.05, 0.1) is 22.6 Å². The molecule has 2 rings (SSSR count). The molecule has 7 heteroatoms. The zero-order valence-electron chi connectivity index (χ0n) is 11.1. The Balaban J connectivity index is 2.10. The summed E-state index contributed by atoms with van der Waals surface area (Å²) in [5.74, 6) is -1.03. The van der Waals surface area contributed by atoms with E-state index in [-0.39, 0.29) is 5.56 Å². The van der Waals surface area contributed by atoms with Gasteiger partial charge < -0.3 is 15.7 Å². The van der Waals surface area contributed by atoms with Gasteiger partial charge in [0.15, 0.2) is 0 Å². The fraction of sp³-hybridized carbons (Fsp3) is 0.0714. The molecule has 1 aromatic heterocycles. The largest absolute Gasteiger partial charge is 0.478 e. The van der Waals surface area contributed by atoms with E-state index in [1.807, 2.05) is 0 Å². The van der Waals surface area contributed by atoms with E-state index >= 15 is 0 Å². The van der Waals surface area contributed by atoms with Gasteiger partial charge >= 0.3 is 12.0 Å². The third-order valence-corrected chi connectivity index (χ3v) is 3.38. The predicted octanol–water partition coefficient (Wildman–Crippen LogP) is 3.49. The van der Waals surface area contributed by atoms with Gasteiger partial charge in [-0.3, -0.25) is 4.98 Å². The maximum Gasteiger partial charge on any atom is 0.335 e. The zero-order chi connectivity index (χ0) is 15.4. The van der Waals surface area contributed by atoms with Crippen LogP contribution in [0.1, 0.15) is 16.1 Å². The highest BCUT2D eigenvalue weighted by molar-refractivity contribution is 9.10. The maximum absolute atomic E-state index is 11.9. The van der Waals surface area contributed by atoms with Gasteiger partial charge in [0.25, 0.3) is 0 Å². The Morgan fingerprint density at radius 3 is 2.52 bits per heavy atom. The number of halogens is 1. The van der Waals surface area contributed by atoms with Crippen molar-refractivity contribution in [1.29, 1.82) is 0 Å². The van der Waals surface area contributed by atoms with Gasteiger partial charge in [0.2, 0.25) is 0 Å². The first-order valence-corrected chi connectivity index (χ1v) is 6.79. The van der Waals surface area contributed by atoms with Crippen molar-refractivity contribution in [3.63, 3.8) is 0 Å². The number of nitrogens with one attached hydrogen (secondary N) is 2. The Hall–Kier alpha value is -2.41. The fourth-order valence-corrected chi connectivity index (χ4v) is 2.12. The summed E-state index contributed by atoms with van der Waals surface area (Å²) in [6.07, 6.45) is 1.64. The molecule has 2 amide bonds. The van der Waals surface area contributed by atoms with E-state index in [1.165, 1.54) is 18.2 Å². The molecule has 1 aromatic carbocycles. The van der Waals surface area contributed by atoms with Crippen LogP contribution >= 0.6 is 15.9 Å². The molecular weight excluding hydrogens is 338 g/mol. The average molecular weight is 350 g/mol. The molecule has 0 bridgehead atoms. The van der Waals surface area contributed by atoms with E-state index in [2.05, 4.69) is 31.5 Å². The number of carbonyl (C=O) groups is 2. The van der Waals surface area contributed by atoms with Crippen LogP contribution in [0.2, 0.25) is 0 Å². The number of urea groups is 1. The topological polar surface area (TPSA) is 91.3 Å². The van der Waals surface area contributed by atoms with Crippen molar-refractivity contribution >= 4 is 39.3 Å². The molecule has 0 spiro atoms. The first-order chi connectivity index (χ1) is 9.97. The molecule has 0 saturated heterocycles. The van der Waals surface area contributed by atoms with Gasteiger partial charge in [0, 0.05) is 10.7 Å². The minimum Gasteiger partial charge on any atom is -0.478 e. The van der Waals surface area contributed by atoms with Crippen molar-refractivity contribution in [3.05, 3.63) is 52.3 Å². The van der Waals surface area contributed by atoms with Gasteiger partial charge in [0.1, 0.15) is 0 Å². The number of carboxylic acid groups (broad SMARTS) is 1. The van der Waals surface area contributed by atoms with Crippen LogP contribution in [-0.4, -0.2) is 22.1 Å². The van der Waals surface area contributed by atoms with Crippen molar-refractivity contribution in [2.75, 3.05) is 10.6 Å². The number of benzene rings is 1. The number of anilines is 2. The van der Waals surface area contributed by atoms with Crippen molar-refractivity contribution in [3.8, 4) is 0 Å². The Morgan fingerprint density at radius 1 is 1.19 bits per heavy atom. The number of carboxylic acids is 1. The van der Waals surface area contributed by atoms with Gasteiger partial charge in [-0.25, -0.2) is 9.59 Å². The van der Waals surface area contributed by atoms with Gasteiger partial charge in [-0.05, 0) is 53.2 Å². The summed E-state index contributed by atoms with van der Waals surface area (Å²) in [7, 11) is 0. The van der Waals surface area contributed by atoms with Crippen LogP contribution in [0.25, 0.3) is 0 Å². The Kier molecular flexibility index (Phi) is 4.54. The summed E-state index contributed by atoms with van der Waals surface area (Å²) in [5.41, 5.74) is 1.91. The monoisotopic (exact) mass is 349 g/mol. The zero-order valence-corrected chi connectivity index (χ0v) is 12.6. The standard InChI is InChI=1S/C14H12BrN3O3/c1-8-11(3-2-6-16-8)17-14(21)18-12-5-4-9(13(19)20)7-10(12)15/h2-7H,1H3,(H,19,20)(H2,17,18,21). The molecule has 2 aromatic rings. The maximum atomic E-state index is 11.9. The highest BCUT2D eigenvalue weighted by Gasteiger charge is 2.10. The van der Waals surface area contributed by atoms with E-state index in [4.69, 9.17) is 5.11 Å². The van der Waals surface area contributed by atoms with Gasteiger partial charge in [-0.2, -0.15) is 0 Å². The third-order valence-electron chi connectivity index (χ3n) is 2.72. The second-order valence-corrected chi connectivity index (χ2v) is 5.07. The normalized spacial score (nSPS) is 10.0. The first kappa shape index (κ1) is 15.0. The number of aromatic carboxylic acids is 1. The molecule has 3 N–H and O–H groups in total. The average Bonchev–Trinajstić information content (AvgIpc) is 2.43. The molecule has 0 aliphatic heterocycles. The van der Waals surface area contributed by atoms with E-state index < -0.39 is 12.0 Å². The lowest BCUT2D eigenvalue weighted by Crippen LogP contribution is -2.20. The molecule has 0 saturated carbocycles. The summed E-state index contributed by atoms with van der Waals surface area (Å²) < 4.78 is 0.487. The van der Waals surface area contributed by atoms with Gasteiger partial charge in [-0.15, -0.1) is 0 Å². The van der Waals surface area contributed by atoms with Crippen molar-refractivity contribution < 1.29 is 14.7 Å². The number of aromatic nitrogens is 1. The molecule has 0 radical (unpaired) electrons. The number of amides is 2. The smallest absolute Gasteiger partial charge is 0.335 e. The molecule has 1 heterocycles. The highest BCUT2D eigenvalue weighted by Crippen LogP contribution is 2.24. The lowest BCUT2D eigenvalue weighted by atomic mass is 10.2. The molecule has 0 fully saturated rings. The van der Waals surface area contributed by atoms with Crippen molar-refractivity contribution in [1.82, 2.24) is 4.98 Å². The molecule has 108 valence electrons. The molecule has 0 unspecified atom stereocenters. The predicted molar refractivity (Wildman–Crippen MR) is 82.7 cm³/mol. The van der Waals surface area contributed by atoms with Crippen LogP contribution in [0.4, 0.5) is 16.2 Å². The van der Waals surface area contributed by atoms with Crippen molar-refractivity contribution in [2.24, 2.45) is 0 Å². The first-order valence-electron chi connectivity index (χ1n) is 6.00. The van der Waals surface area contributed by atoms with Crippen molar-refractivity contribution in [2.45, 2.75) is 6.92 Å². The minimum absolute atomic E-state index is 0.135. The molecule has 0 atom stereocenters. The Morgan fingerprint density at radius 2 is 1.90 bits per heavy atom. The highest BCUT2D eigenvalue weighted by atomic mass is 79.9. The van der Waals surface area contributed by atoms with Gasteiger partial charge in [-0.1, -0.05) is 0 Å². The van der Waals surface area contributed by atoms with Crippen LogP contribution in [0.5, 0.6) is 0 Å².